The Bertz CT molecular complexity index is 546. The Balaban J connectivity index is 2.43. The van der Waals surface area contributed by atoms with E-state index in [9.17, 15) is 14.7 Å². The van der Waals surface area contributed by atoms with Crippen molar-refractivity contribution >= 4 is 17.3 Å². The van der Waals surface area contributed by atoms with Crippen molar-refractivity contribution in [3.05, 3.63) is 35.4 Å². The summed E-state index contributed by atoms with van der Waals surface area (Å²) in [4.78, 5) is 24.2. The number of nitrogens with two attached hydrogens (primary N) is 1. The zero-order chi connectivity index (χ0) is 14.2. The Morgan fingerprint density at radius 1 is 1.11 bits per heavy atom. The molecular formula is C15H17NO3. The number of rotatable bonds is 1. The smallest absolute Gasteiger partial charge is 0.169 e. The topological polar surface area (TPSA) is 80.4 Å². The fourth-order valence-electron chi connectivity index (χ4n) is 2.35. The van der Waals surface area contributed by atoms with Gasteiger partial charge in [-0.05, 0) is 35.2 Å². The molecule has 19 heavy (non-hydrogen) atoms. The molecule has 0 unspecified atom stereocenters. The van der Waals surface area contributed by atoms with Gasteiger partial charge in [0.05, 0.1) is 11.3 Å². The van der Waals surface area contributed by atoms with Gasteiger partial charge in [0.1, 0.15) is 5.75 Å². The summed E-state index contributed by atoms with van der Waals surface area (Å²) < 4.78 is 0. The standard InChI is InChI=1S/C15H17NO3/c1-15(2)7-11(18)13(12(19)8-15)14(16)9-3-5-10(17)6-4-9/h3-6,17H,7-8,16H2,1-2H3. The number of phenols is 1. The van der Waals surface area contributed by atoms with E-state index in [2.05, 4.69) is 0 Å². The highest BCUT2D eigenvalue weighted by atomic mass is 16.3. The minimum Gasteiger partial charge on any atom is -0.508 e. The van der Waals surface area contributed by atoms with Gasteiger partial charge in [-0.2, -0.15) is 0 Å². The first-order chi connectivity index (χ1) is 8.80. The summed E-state index contributed by atoms with van der Waals surface area (Å²) >= 11 is 0. The lowest BCUT2D eigenvalue weighted by Gasteiger charge is -2.29. The molecule has 0 saturated heterocycles. The molecule has 1 aliphatic carbocycles. The van der Waals surface area contributed by atoms with Gasteiger partial charge < -0.3 is 10.8 Å². The number of hydrogen-bond donors (Lipinski definition) is 2. The monoisotopic (exact) mass is 259 g/mol. The van der Waals surface area contributed by atoms with Gasteiger partial charge in [-0.3, -0.25) is 9.59 Å². The second kappa shape index (κ2) is 4.53. The van der Waals surface area contributed by atoms with Gasteiger partial charge >= 0.3 is 0 Å². The maximum Gasteiger partial charge on any atom is 0.169 e. The fourth-order valence-corrected chi connectivity index (χ4v) is 2.35. The van der Waals surface area contributed by atoms with Crippen molar-refractivity contribution in [1.29, 1.82) is 0 Å². The Kier molecular flexibility index (Phi) is 3.18. The van der Waals surface area contributed by atoms with Crippen molar-refractivity contribution < 1.29 is 14.7 Å². The Labute approximate surface area is 111 Å². The molecule has 2 rings (SSSR count). The molecule has 1 saturated carbocycles. The summed E-state index contributed by atoms with van der Waals surface area (Å²) in [5.41, 5.74) is 6.53. The molecule has 4 heteroatoms. The van der Waals surface area contributed by atoms with Crippen molar-refractivity contribution in [3.8, 4) is 5.75 Å². The first-order valence-corrected chi connectivity index (χ1v) is 6.16. The molecule has 0 bridgehead atoms. The molecule has 0 aliphatic heterocycles. The first-order valence-electron chi connectivity index (χ1n) is 6.16. The lowest BCUT2D eigenvalue weighted by Crippen LogP contribution is -2.33. The number of allylic oxidation sites excluding steroid dienone is 1. The van der Waals surface area contributed by atoms with Crippen LogP contribution in [0.4, 0.5) is 0 Å². The molecule has 1 aliphatic rings. The van der Waals surface area contributed by atoms with E-state index in [1.165, 1.54) is 12.1 Å². The van der Waals surface area contributed by atoms with E-state index in [-0.39, 0.29) is 34.0 Å². The first kappa shape index (κ1) is 13.3. The number of hydrogen-bond acceptors (Lipinski definition) is 4. The molecule has 100 valence electrons. The van der Waals surface area contributed by atoms with Gasteiger partial charge in [0.15, 0.2) is 11.6 Å². The summed E-state index contributed by atoms with van der Waals surface area (Å²) in [5, 5.41) is 9.23. The van der Waals surface area contributed by atoms with Crippen LogP contribution in [0.25, 0.3) is 5.70 Å². The van der Waals surface area contributed by atoms with Gasteiger partial charge in [0.25, 0.3) is 0 Å². The molecule has 0 atom stereocenters. The van der Waals surface area contributed by atoms with Gasteiger partial charge in [0, 0.05) is 12.8 Å². The molecule has 1 aromatic carbocycles. The number of carbonyl (C=O) groups excluding carboxylic acids is 2. The molecule has 0 spiro atoms. The third-order valence-corrected chi connectivity index (χ3v) is 3.28. The van der Waals surface area contributed by atoms with Crippen LogP contribution < -0.4 is 5.73 Å². The quantitative estimate of drug-likeness (QED) is 0.597. The minimum absolute atomic E-state index is 0.102. The SMILES string of the molecule is CC1(C)CC(=O)C(=C(N)c2ccc(O)cc2)C(=O)C1. The molecular weight excluding hydrogens is 242 g/mol. The molecule has 0 aromatic heterocycles. The van der Waals surface area contributed by atoms with Crippen molar-refractivity contribution in [1.82, 2.24) is 0 Å². The fraction of sp³-hybridized carbons (Fsp3) is 0.333. The Morgan fingerprint density at radius 2 is 1.58 bits per heavy atom. The highest BCUT2D eigenvalue weighted by Crippen LogP contribution is 2.35. The van der Waals surface area contributed by atoms with Crippen LogP contribution in [-0.4, -0.2) is 16.7 Å². The third-order valence-electron chi connectivity index (χ3n) is 3.28. The van der Waals surface area contributed by atoms with Crippen LogP contribution in [0.3, 0.4) is 0 Å². The maximum atomic E-state index is 12.1. The van der Waals surface area contributed by atoms with E-state index in [0.29, 0.717) is 18.4 Å². The predicted molar refractivity (Wildman–Crippen MR) is 72.2 cm³/mol. The van der Waals surface area contributed by atoms with Crippen LogP contribution in [0.1, 0.15) is 32.3 Å². The summed E-state index contributed by atoms with van der Waals surface area (Å²) in [6.07, 6.45) is 0.652. The van der Waals surface area contributed by atoms with Crippen LogP contribution in [0.15, 0.2) is 29.8 Å². The van der Waals surface area contributed by atoms with Crippen LogP contribution in [0, 0.1) is 5.41 Å². The van der Waals surface area contributed by atoms with E-state index >= 15 is 0 Å². The van der Waals surface area contributed by atoms with Crippen molar-refractivity contribution in [2.24, 2.45) is 11.1 Å². The molecule has 4 nitrogen and oxygen atoms in total. The van der Waals surface area contributed by atoms with Crippen LogP contribution >= 0.6 is 0 Å². The van der Waals surface area contributed by atoms with Gasteiger partial charge in [-0.25, -0.2) is 0 Å². The second-order valence-corrected chi connectivity index (χ2v) is 5.70. The van der Waals surface area contributed by atoms with Gasteiger partial charge in [-0.15, -0.1) is 0 Å². The normalized spacial score (nSPS) is 18.5. The summed E-state index contributed by atoms with van der Waals surface area (Å²) in [5.74, 6) is -0.289. The van der Waals surface area contributed by atoms with Crippen LogP contribution in [0.5, 0.6) is 5.75 Å². The van der Waals surface area contributed by atoms with Crippen LogP contribution in [0.2, 0.25) is 0 Å². The number of phenolic OH excluding ortho intramolecular Hbond substituents is 1. The predicted octanol–water partition coefficient (Wildman–Crippen LogP) is 2.02. The second-order valence-electron chi connectivity index (χ2n) is 5.70. The third kappa shape index (κ3) is 2.67. The zero-order valence-corrected chi connectivity index (χ0v) is 11.1. The maximum absolute atomic E-state index is 12.1. The number of benzene rings is 1. The Hall–Kier alpha value is -2.10. The molecule has 3 N–H and O–H groups in total. The van der Waals surface area contributed by atoms with E-state index in [1.807, 2.05) is 13.8 Å². The van der Waals surface area contributed by atoms with Crippen molar-refractivity contribution in [3.63, 3.8) is 0 Å². The van der Waals surface area contributed by atoms with Crippen LogP contribution in [-0.2, 0) is 9.59 Å². The largest absolute Gasteiger partial charge is 0.508 e. The van der Waals surface area contributed by atoms with Crippen molar-refractivity contribution in [2.75, 3.05) is 0 Å². The number of aromatic hydroxyl groups is 1. The minimum atomic E-state index is -0.299. The van der Waals surface area contributed by atoms with E-state index in [1.54, 1.807) is 12.1 Å². The summed E-state index contributed by atoms with van der Waals surface area (Å²) in [6, 6.07) is 6.14. The molecule has 0 radical (unpaired) electrons. The molecule has 1 aromatic rings. The van der Waals surface area contributed by atoms with Crippen molar-refractivity contribution in [2.45, 2.75) is 26.7 Å². The highest BCUT2D eigenvalue weighted by Gasteiger charge is 2.37. The summed E-state index contributed by atoms with van der Waals surface area (Å²) in [6.45, 7) is 3.80. The molecule has 0 heterocycles. The summed E-state index contributed by atoms with van der Waals surface area (Å²) in [7, 11) is 0. The van der Waals surface area contributed by atoms with Gasteiger partial charge in [0.2, 0.25) is 0 Å². The zero-order valence-electron chi connectivity index (χ0n) is 11.1. The number of ketones is 2. The number of Topliss-reactive ketones (excluding diaryl/α,β-unsaturated/α-hetero) is 2. The average molecular weight is 259 g/mol. The lowest BCUT2D eigenvalue weighted by atomic mass is 9.73. The lowest BCUT2D eigenvalue weighted by molar-refractivity contribution is -0.127. The molecule has 0 amide bonds. The van der Waals surface area contributed by atoms with E-state index in [0.717, 1.165) is 0 Å². The Morgan fingerprint density at radius 3 is 2.05 bits per heavy atom. The highest BCUT2D eigenvalue weighted by molar-refractivity contribution is 6.26. The van der Waals surface area contributed by atoms with E-state index < -0.39 is 0 Å². The molecule has 1 fully saturated rings. The number of carbonyl (C=O) groups is 2. The average Bonchev–Trinajstić information content (AvgIpc) is 2.26. The van der Waals surface area contributed by atoms with Gasteiger partial charge in [-0.1, -0.05) is 13.8 Å². The van der Waals surface area contributed by atoms with E-state index in [4.69, 9.17) is 5.73 Å².